The summed E-state index contributed by atoms with van der Waals surface area (Å²) in [6.07, 6.45) is 3.19. The van der Waals surface area contributed by atoms with Crippen LogP contribution in [0.25, 0.3) is 0 Å². The van der Waals surface area contributed by atoms with Gasteiger partial charge < -0.3 is 21.1 Å². The van der Waals surface area contributed by atoms with Crippen molar-refractivity contribution in [2.24, 2.45) is 0 Å². The van der Waals surface area contributed by atoms with Gasteiger partial charge >= 0.3 is 6.03 Å². The lowest BCUT2D eigenvalue weighted by atomic mass is 9.92. The first-order chi connectivity index (χ1) is 8.70. The minimum absolute atomic E-state index is 0.0130. The molecule has 1 saturated carbocycles. The lowest BCUT2D eigenvalue weighted by Crippen LogP contribution is -2.47. The van der Waals surface area contributed by atoms with Gasteiger partial charge in [-0.05, 0) is 37.5 Å². The quantitative estimate of drug-likeness (QED) is 0.710. The zero-order chi connectivity index (χ0) is 13.0. The van der Waals surface area contributed by atoms with E-state index in [4.69, 9.17) is 10.8 Å². The zero-order valence-corrected chi connectivity index (χ0v) is 10.3. The minimum Gasteiger partial charge on any atom is -0.399 e. The van der Waals surface area contributed by atoms with Gasteiger partial charge in [-0.25, -0.2) is 4.79 Å². The van der Waals surface area contributed by atoms with Crippen molar-refractivity contribution in [1.29, 1.82) is 0 Å². The maximum absolute atomic E-state index is 12.1. The lowest BCUT2D eigenvalue weighted by molar-refractivity contribution is 0.127. The van der Waals surface area contributed by atoms with Gasteiger partial charge in [0.2, 0.25) is 0 Å². The first-order valence-corrected chi connectivity index (χ1v) is 6.24. The number of amides is 2. The molecule has 5 heteroatoms. The molecule has 4 N–H and O–H groups in total. The van der Waals surface area contributed by atoms with Crippen molar-refractivity contribution in [3.05, 3.63) is 24.3 Å². The number of anilines is 2. The fourth-order valence-corrected chi connectivity index (χ4v) is 2.07. The Bertz CT molecular complexity index is 418. The number of nitrogens with zero attached hydrogens (tertiary/aromatic N) is 1. The van der Waals surface area contributed by atoms with E-state index in [9.17, 15) is 4.79 Å². The molecule has 0 heterocycles. The molecule has 0 spiro atoms. The van der Waals surface area contributed by atoms with E-state index < -0.39 is 0 Å². The molecule has 0 radical (unpaired) electrons. The number of rotatable bonds is 4. The second-order valence-corrected chi connectivity index (χ2v) is 4.56. The summed E-state index contributed by atoms with van der Waals surface area (Å²) in [5.41, 5.74) is 6.96. The molecular weight excluding hydrogens is 230 g/mol. The number of carbonyl (C=O) groups excluding carboxylic acids is 1. The summed E-state index contributed by atoms with van der Waals surface area (Å²) in [4.78, 5) is 13.8. The number of hydrogen-bond acceptors (Lipinski definition) is 3. The Kier molecular flexibility index (Phi) is 4.04. The number of nitrogens with two attached hydrogens (primary N) is 1. The van der Waals surface area contributed by atoms with Gasteiger partial charge in [-0.15, -0.1) is 0 Å². The van der Waals surface area contributed by atoms with Crippen LogP contribution in [-0.4, -0.2) is 35.2 Å². The van der Waals surface area contributed by atoms with Crippen LogP contribution in [-0.2, 0) is 0 Å². The predicted octanol–water partition coefficient (Wildman–Crippen LogP) is 1.65. The van der Waals surface area contributed by atoms with Gasteiger partial charge in [-0.2, -0.15) is 0 Å². The van der Waals surface area contributed by atoms with Crippen LogP contribution in [0.2, 0.25) is 0 Å². The van der Waals surface area contributed by atoms with Crippen molar-refractivity contribution in [3.63, 3.8) is 0 Å². The average molecular weight is 249 g/mol. The highest BCUT2D eigenvalue weighted by atomic mass is 16.3. The Morgan fingerprint density at radius 2 is 2.28 bits per heavy atom. The van der Waals surface area contributed by atoms with E-state index >= 15 is 0 Å². The van der Waals surface area contributed by atoms with Crippen molar-refractivity contribution < 1.29 is 9.90 Å². The normalized spacial score (nSPS) is 14.9. The monoisotopic (exact) mass is 249 g/mol. The second-order valence-electron chi connectivity index (χ2n) is 4.56. The minimum atomic E-state index is -0.167. The van der Waals surface area contributed by atoms with Crippen LogP contribution < -0.4 is 11.1 Å². The maximum atomic E-state index is 12.1. The van der Waals surface area contributed by atoms with Gasteiger partial charge in [0.15, 0.2) is 0 Å². The van der Waals surface area contributed by atoms with Crippen LogP contribution in [0.4, 0.5) is 16.2 Å². The molecule has 18 heavy (non-hydrogen) atoms. The van der Waals surface area contributed by atoms with Crippen molar-refractivity contribution in [2.75, 3.05) is 24.2 Å². The van der Waals surface area contributed by atoms with Crippen molar-refractivity contribution in [1.82, 2.24) is 4.90 Å². The van der Waals surface area contributed by atoms with Gasteiger partial charge in [0.05, 0.1) is 6.61 Å². The fraction of sp³-hybridized carbons (Fsp3) is 0.462. The topological polar surface area (TPSA) is 78.6 Å². The third kappa shape index (κ3) is 2.92. The summed E-state index contributed by atoms with van der Waals surface area (Å²) in [6.45, 7) is 0.361. The zero-order valence-electron chi connectivity index (χ0n) is 10.3. The molecule has 1 aromatic carbocycles. The van der Waals surface area contributed by atoms with Crippen molar-refractivity contribution in [2.45, 2.75) is 25.3 Å². The number of urea groups is 1. The summed E-state index contributed by atoms with van der Waals surface area (Å²) in [5.74, 6) is 0. The van der Waals surface area contributed by atoms with E-state index in [0.29, 0.717) is 17.9 Å². The van der Waals surface area contributed by atoms with Gasteiger partial charge in [-0.1, -0.05) is 6.07 Å². The Labute approximate surface area is 107 Å². The number of hydrogen-bond donors (Lipinski definition) is 3. The largest absolute Gasteiger partial charge is 0.399 e. The van der Waals surface area contributed by atoms with Crippen LogP contribution in [0.1, 0.15) is 19.3 Å². The van der Waals surface area contributed by atoms with Crippen LogP contribution in [0.5, 0.6) is 0 Å². The van der Waals surface area contributed by atoms with Crippen LogP contribution in [0.15, 0.2) is 24.3 Å². The summed E-state index contributed by atoms with van der Waals surface area (Å²) < 4.78 is 0. The lowest BCUT2D eigenvalue weighted by Gasteiger charge is -2.37. The fourth-order valence-electron chi connectivity index (χ4n) is 2.07. The third-order valence-corrected chi connectivity index (χ3v) is 3.26. The molecule has 98 valence electrons. The Morgan fingerprint density at radius 3 is 2.83 bits per heavy atom. The SMILES string of the molecule is Nc1cccc(NC(=O)N(CCO)C2CCC2)c1. The van der Waals surface area contributed by atoms with E-state index in [0.717, 1.165) is 19.3 Å². The van der Waals surface area contributed by atoms with E-state index in [1.807, 2.05) is 0 Å². The highest BCUT2D eigenvalue weighted by Crippen LogP contribution is 2.25. The Hall–Kier alpha value is -1.75. The van der Waals surface area contributed by atoms with Crippen LogP contribution in [0, 0.1) is 0 Å². The van der Waals surface area contributed by atoms with E-state index in [2.05, 4.69) is 5.32 Å². The molecule has 1 aliphatic carbocycles. The molecule has 0 aliphatic heterocycles. The number of benzene rings is 1. The smallest absolute Gasteiger partial charge is 0.322 e. The molecular formula is C13H19N3O2. The molecule has 1 aromatic rings. The van der Waals surface area contributed by atoms with E-state index in [1.165, 1.54) is 0 Å². The molecule has 1 fully saturated rings. The summed E-state index contributed by atoms with van der Waals surface area (Å²) in [5, 5.41) is 11.8. The van der Waals surface area contributed by atoms with Gasteiger partial charge in [0.25, 0.3) is 0 Å². The van der Waals surface area contributed by atoms with Crippen molar-refractivity contribution >= 4 is 17.4 Å². The molecule has 0 unspecified atom stereocenters. The standard InChI is InChI=1S/C13H19N3O2/c14-10-3-1-4-11(9-10)15-13(18)16(7-8-17)12-5-2-6-12/h1,3-4,9,12,17H,2,5-8,14H2,(H,15,18). The van der Waals surface area contributed by atoms with Gasteiger partial charge in [0, 0.05) is 24.0 Å². The molecule has 0 saturated heterocycles. The number of nitrogens with one attached hydrogen (secondary N) is 1. The summed E-state index contributed by atoms with van der Waals surface area (Å²) in [6, 6.07) is 7.18. The Morgan fingerprint density at radius 1 is 1.50 bits per heavy atom. The summed E-state index contributed by atoms with van der Waals surface area (Å²) in [7, 11) is 0. The number of carbonyl (C=O) groups is 1. The highest BCUT2D eigenvalue weighted by Gasteiger charge is 2.28. The summed E-state index contributed by atoms with van der Waals surface area (Å²) >= 11 is 0. The molecule has 1 aliphatic rings. The van der Waals surface area contributed by atoms with Crippen LogP contribution in [0.3, 0.4) is 0 Å². The van der Waals surface area contributed by atoms with E-state index in [-0.39, 0.29) is 18.7 Å². The molecule has 2 amide bonds. The van der Waals surface area contributed by atoms with E-state index in [1.54, 1.807) is 29.2 Å². The molecule has 5 nitrogen and oxygen atoms in total. The molecule has 2 rings (SSSR count). The average Bonchev–Trinajstić information content (AvgIpc) is 2.26. The van der Waals surface area contributed by atoms with Crippen molar-refractivity contribution in [3.8, 4) is 0 Å². The maximum Gasteiger partial charge on any atom is 0.322 e. The third-order valence-electron chi connectivity index (χ3n) is 3.26. The number of nitrogen functional groups attached to an aromatic ring is 1. The Balaban J connectivity index is 2.00. The first-order valence-electron chi connectivity index (χ1n) is 6.24. The highest BCUT2D eigenvalue weighted by molar-refractivity contribution is 5.90. The molecule has 0 aromatic heterocycles. The van der Waals surface area contributed by atoms with Crippen LogP contribution >= 0.6 is 0 Å². The first kappa shape index (κ1) is 12.7. The van der Waals surface area contributed by atoms with Gasteiger partial charge in [-0.3, -0.25) is 0 Å². The predicted molar refractivity (Wildman–Crippen MR) is 71.3 cm³/mol. The second kappa shape index (κ2) is 5.73. The van der Waals surface area contributed by atoms with Gasteiger partial charge in [0.1, 0.15) is 0 Å². The number of aliphatic hydroxyl groups is 1. The number of aliphatic hydroxyl groups excluding tert-OH is 1. The molecule has 0 bridgehead atoms. The molecule has 0 atom stereocenters.